The Kier molecular flexibility index (Phi) is 4.49. The summed E-state index contributed by atoms with van der Waals surface area (Å²) < 4.78 is 0. The Morgan fingerprint density at radius 1 is 1.47 bits per heavy atom. The molecule has 0 saturated carbocycles. The smallest absolute Gasteiger partial charge is 0.335 e. The molecule has 1 aromatic rings. The van der Waals surface area contributed by atoms with E-state index in [-0.39, 0.29) is 0 Å². The van der Waals surface area contributed by atoms with E-state index in [0.717, 1.165) is 18.9 Å². The summed E-state index contributed by atoms with van der Waals surface area (Å²) in [6, 6.07) is 3.38. The van der Waals surface area contributed by atoms with E-state index in [1.54, 1.807) is 12.1 Å². The molecule has 1 heterocycles. The topological polar surface area (TPSA) is 66.3 Å². The van der Waals surface area contributed by atoms with E-state index in [4.69, 9.17) is 0 Å². The average Bonchev–Trinajstić information content (AvgIpc) is 2.29. The van der Waals surface area contributed by atoms with Gasteiger partial charge in [0.05, 0.1) is 4.91 Å². The van der Waals surface area contributed by atoms with Crippen LogP contribution in [0.1, 0.15) is 0 Å². The molecule has 2 N–H and O–H groups in total. The van der Waals surface area contributed by atoms with Gasteiger partial charge in [0.2, 0.25) is 0 Å². The van der Waals surface area contributed by atoms with Crippen LogP contribution in [0.4, 0.5) is 11.5 Å². The molecule has 0 aromatic carbocycles. The zero-order valence-corrected chi connectivity index (χ0v) is 8.86. The van der Waals surface area contributed by atoms with Gasteiger partial charge in [0.15, 0.2) is 7.11 Å². The highest BCUT2D eigenvalue weighted by atomic mass is 16.8. The van der Waals surface area contributed by atoms with Gasteiger partial charge in [0.1, 0.15) is 12.0 Å². The van der Waals surface area contributed by atoms with Crippen molar-refractivity contribution in [3.63, 3.8) is 0 Å². The quantitative estimate of drug-likeness (QED) is 0.535. The standard InChI is InChI=1S/C9H15N4O2/c1-10-5-6-11-9-4-3-8(7-12-9)13(14)15-2/h3-4,7,10H,5-6H2,1-2H3,(H,11,12)/q+1. The van der Waals surface area contributed by atoms with Gasteiger partial charge < -0.3 is 10.6 Å². The molecule has 0 unspecified atom stereocenters. The number of nitrogens with zero attached hydrogens (tertiary/aromatic N) is 2. The molecular formula is C9H15N4O2+. The van der Waals surface area contributed by atoms with Crippen LogP contribution in [0.2, 0.25) is 0 Å². The highest BCUT2D eigenvalue weighted by molar-refractivity contribution is 5.39. The van der Waals surface area contributed by atoms with Crippen LogP contribution in [0.5, 0.6) is 0 Å². The van der Waals surface area contributed by atoms with Crippen molar-refractivity contribution in [1.82, 2.24) is 10.3 Å². The lowest BCUT2D eigenvalue weighted by Crippen LogP contribution is -2.18. The summed E-state index contributed by atoms with van der Waals surface area (Å²) >= 11 is 0. The Morgan fingerprint density at radius 2 is 2.27 bits per heavy atom. The van der Waals surface area contributed by atoms with Crippen LogP contribution < -0.4 is 10.6 Å². The molecule has 0 aliphatic rings. The van der Waals surface area contributed by atoms with Crippen molar-refractivity contribution in [2.24, 2.45) is 0 Å². The zero-order chi connectivity index (χ0) is 11.1. The third-order valence-electron chi connectivity index (χ3n) is 1.81. The third kappa shape index (κ3) is 3.51. The Labute approximate surface area is 88.2 Å². The minimum atomic E-state index is 0.372. The first-order valence-electron chi connectivity index (χ1n) is 4.64. The fourth-order valence-electron chi connectivity index (χ4n) is 1.02. The van der Waals surface area contributed by atoms with Crippen molar-refractivity contribution in [3.05, 3.63) is 23.2 Å². The second-order valence-corrected chi connectivity index (χ2v) is 2.87. The van der Waals surface area contributed by atoms with Crippen LogP contribution in [0.3, 0.4) is 0 Å². The van der Waals surface area contributed by atoms with Crippen LogP contribution in [0.15, 0.2) is 18.3 Å². The van der Waals surface area contributed by atoms with Gasteiger partial charge in [-0.05, 0) is 13.1 Å². The maximum Gasteiger partial charge on any atom is 0.335 e. The molecule has 1 rings (SSSR count). The summed E-state index contributed by atoms with van der Waals surface area (Å²) in [4.78, 5) is 20.0. The lowest BCUT2D eigenvalue weighted by atomic mass is 10.4. The van der Waals surface area contributed by atoms with E-state index in [1.807, 2.05) is 7.05 Å². The molecule has 0 radical (unpaired) electrons. The second-order valence-electron chi connectivity index (χ2n) is 2.87. The molecule has 0 bridgehead atoms. The summed E-state index contributed by atoms with van der Waals surface area (Å²) in [6.45, 7) is 1.64. The van der Waals surface area contributed by atoms with Gasteiger partial charge in [-0.15, -0.1) is 0 Å². The van der Waals surface area contributed by atoms with E-state index in [2.05, 4.69) is 20.5 Å². The van der Waals surface area contributed by atoms with E-state index in [1.165, 1.54) is 13.3 Å². The fraction of sp³-hybridized carbons (Fsp3) is 0.444. The SMILES string of the molecule is CNCCNc1ccc([N+](=O)OC)cn1. The molecule has 0 spiro atoms. The summed E-state index contributed by atoms with van der Waals surface area (Å²) in [5.41, 5.74) is 0.372. The number of aromatic nitrogens is 1. The Balaban J connectivity index is 2.52. The molecule has 1 aromatic heterocycles. The number of anilines is 1. The van der Waals surface area contributed by atoms with Crippen LogP contribution in [0.25, 0.3) is 0 Å². The molecule has 0 aliphatic heterocycles. The summed E-state index contributed by atoms with van der Waals surface area (Å²) in [5, 5.41) is 6.10. The minimum absolute atomic E-state index is 0.372. The second kappa shape index (κ2) is 5.92. The first-order valence-corrected chi connectivity index (χ1v) is 4.64. The van der Waals surface area contributed by atoms with Crippen molar-refractivity contribution in [2.75, 3.05) is 32.6 Å². The number of likely N-dealkylation sites (N-methyl/N-ethyl adjacent to an activating group) is 1. The molecule has 0 atom stereocenters. The average molecular weight is 211 g/mol. The van der Waals surface area contributed by atoms with Crippen LogP contribution in [0, 0.1) is 4.91 Å². The monoisotopic (exact) mass is 211 g/mol. The van der Waals surface area contributed by atoms with Gasteiger partial charge in [0.25, 0.3) is 4.92 Å². The van der Waals surface area contributed by atoms with Crippen molar-refractivity contribution < 1.29 is 9.76 Å². The normalized spacial score (nSPS) is 9.73. The van der Waals surface area contributed by atoms with E-state index in [0.29, 0.717) is 10.6 Å². The summed E-state index contributed by atoms with van der Waals surface area (Å²) in [5.74, 6) is 0.735. The number of hydrogen-bond donors (Lipinski definition) is 2. The number of hydrogen-bond acceptors (Lipinski definition) is 5. The molecule has 0 aliphatic carbocycles. The zero-order valence-electron chi connectivity index (χ0n) is 8.86. The molecule has 0 saturated heterocycles. The molecule has 82 valence electrons. The summed E-state index contributed by atoms with van der Waals surface area (Å²) in [6.07, 6.45) is 1.46. The molecule has 6 nitrogen and oxygen atoms in total. The van der Waals surface area contributed by atoms with Crippen LogP contribution in [-0.2, 0) is 4.84 Å². The lowest BCUT2D eigenvalue weighted by Gasteiger charge is -2.03. The molecule has 0 amide bonds. The molecule has 0 fully saturated rings. The van der Waals surface area contributed by atoms with E-state index in [9.17, 15) is 4.91 Å². The van der Waals surface area contributed by atoms with Gasteiger partial charge >= 0.3 is 5.69 Å². The van der Waals surface area contributed by atoms with E-state index < -0.39 is 0 Å². The predicted octanol–water partition coefficient (Wildman–Crippen LogP) is 0.685. The number of pyridine rings is 1. The van der Waals surface area contributed by atoms with Crippen LogP contribution >= 0.6 is 0 Å². The highest BCUT2D eigenvalue weighted by Gasteiger charge is 2.13. The highest BCUT2D eigenvalue weighted by Crippen LogP contribution is 2.11. The maximum atomic E-state index is 11.0. The number of rotatable bonds is 6. The van der Waals surface area contributed by atoms with Gasteiger partial charge in [-0.25, -0.2) is 9.82 Å². The van der Waals surface area contributed by atoms with Crippen molar-refractivity contribution in [3.8, 4) is 0 Å². The lowest BCUT2D eigenvalue weighted by molar-refractivity contribution is -0.736. The van der Waals surface area contributed by atoms with Gasteiger partial charge in [-0.1, -0.05) is 0 Å². The van der Waals surface area contributed by atoms with Gasteiger partial charge in [0, 0.05) is 19.2 Å². The van der Waals surface area contributed by atoms with Crippen molar-refractivity contribution >= 4 is 11.5 Å². The number of nitrogens with one attached hydrogen (secondary N) is 2. The van der Waals surface area contributed by atoms with Gasteiger partial charge in [-0.3, -0.25) is 0 Å². The van der Waals surface area contributed by atoms with Crippen molar-refractivity contribution in [1.29, 1.82) is 0 Å². The van der Waals surface area contributed by atoms with E-state index >= 15 is 0 Å². The Bertz CT molecular complexity index is 312. The first kappa shape index (κ1) is 11.4. The first-order chi connectivity index (χ1) is 7.27. The van der Waals surface area contributed by atoms with Crippen LogP contribution in [-0.4, -0.2) is 37.2 Å². The maximum absolute atomic E-state index is 11.0. The summed E-state index contributed by atoms with van der Waals surface area (Å²) in [7, 11) is 3.19. The minimum Gasteiger partial charge on any atom is -0.369 e. The Morgan fingerprint density at radius 3 is 2.80 bits per heavy atom. The largest absolute Gasteiger partial charge is 0.369 e. The molecule has 6 heteroatoms. The molecular weight excluding hydrogens is 196 g/mol. The predicted molar refractivity (Wildman–Crippen MR) is 56.9 cm³/mol. The molecule has 15 heavy (non-hydrogen) atoms. The fourth-order valence-corrected chi connectivity index (χ4v) is 1.02. The Hall–Kier alpha value is -1.69. The van der Waals surface area contributed by atoms with Gasteiger partial charge in [-0.2, -0.15) is 0 Å². The van der Waals surface area contributed by atoms with Crippen molar-refractivity contribution in [2.45, 2.75) is 0 Å². The third-order valence-corrected chi connectivity index (χ3v) is 1.81.